The number of carbonyl (C=O) groups is 1. The maximum atomic E-state index is 10.8. The van der Waals surface area contributed by atoms with Gasteiger partial charge in [0.05, 0.1) is 0 Å². The van der Waals surface area contributed by atoms with Crippen molar-refractivity contribution in [2.75, 3.05) is 0 Å². The van der Waals surface area contributed by atoms with E-state index in [9.17, 15) is 4.79 Å². The molecule has 2 bridgehead atoms. The first-order chi connectivity index (χ1) is 11.8. The lowest BCUT2D eigenvalue weighted by molar-refractivity contribution is -0.106. The third-order valence-electron chi connectivity index (χ3n) is 5.26. The molecule has 1 saturated carbocycles. The molecule has 2 aliphatic carbocycles. The number of hydrogen-bond donors (Lipinski definition) is 0. The summed E-state index contributed by atoms with van der Waals surface area (Å²) < 4.78 is 5.97. The van der Waals surface area contributed by atoms with Gasteiger partial charge in [0.25, 0.3) is 0 Å². The maximum absolute atomic E-state index is 10.8. The highest BCUT2D eigenvalue weighted by Gasteiger charge is 2.35. The molecule has 2 aromatic carbocycles. The van der Waals surface area contributed by atoms with Gasteiger partial charge >= 0.3 is 0 Å². The SMILES string of the molecule is O=CN=C1[C@@H]2CC[C@H]1Cc1cc(OCc3ccccc3)ccc1C2. The Hall–Kier alpha value is -2.42. The monoisotopic (exact) mass is 319 g/mol. The van der Waals surface area contributed by atoms with Crippen molar-refractivity contribution in [2.45, 2.75) is 32.3 Å². The van der Waals surface area contributed by atoms with Crippen molar-refractivity contribution in [1.82, 2.24) is 0 Å². The van der Waals surface area contributed by atoms with E-state index < -0.39 is 0 Å². The highest BCUT2D eigenvalue weighted by molar-refractivity contribution is 5.95. The summed E-state index contributed by atoms with van der Waals surface area (Å²) in [5.74, 6) is 1.78. The maximum Gasteiger partial charge on any atom is 0.232 e. The lowest BCUT2D eigenvalue weighted by Gasteiger charge is -2.14. The summed E-state index contributed by atoms with van der Waals surface area (Å²) in [6.45, 7) is 0.587. The Kier molecular flexibility index (Phi) is 4.16. The zero-order valence-corrected chi connectivity index (χ0v) is 13.7. The topological polar surface area (TPSA) is 38.7 Å². The van der Waals surface area contributed by atoms with Gasteiger partial charge in [0.2, 0.25) is 6.41 Å². The third kappa shape index (κ3) is 2.99. The standard InChI is InChI=1S/C21H21NO2/c23-14-22-21-17-6-7-18(21)11-19-12-20(9-8-16(19)10-17)24-13-15-4-2-1-3-5-15/h1-5,8-9,12,14,17-18H,6-7,10-11,13H2/t17-,18+/m1/s1. The Morgan fingerprint density at radius 1 is 1.00 bits per heavy atom. The second-order valence-corrected chi connectivity index (χ2v) is 6.74. The van der Waals surface area contributed by atoms with E-state index in [4.69, 9.17) is 4.74 Å². The molecule has 2 aliphatic rings. The number of nitrogens with zero attached hydrogens (tertiary/aromatic N) is 1. The Bertz CT molecular complexity index is 767. The molecule has 2 atom stereocenters. The Morgan fingerprint density at radius 3 is 2.50 bits per heavy atom. The van der Waals surface area contributed by atoms with Crippen LogP contribution in [0, 0.1) is 11.8 Å². The van der Waals surface area contributed by atoms with Crippen LogP contribution in [0.3, 0.4) is 0 Å². The highest BCUT2D eigenvalue weighted by Crippen LogP contribution is 2.38. The fourth-order valence-corrected chi connectivity index (χ4v) is 4.07. The van der Waals surface area contributed by atoms with Crippen LogP contribution in [0.5, 0.6) is 5.75 Å². The van der Waals surface area contributed by atoms with Gasteiger partial charge in [-0.3, -0.25) is 4.79 Å². The van der Waals surface area contributed by atoms with Crippen molar-refractivity contribution < 1.29 is 9.53 Å². The number of carbonyl (C=O) groups excluding carboxylic acids is 1. The molecule has 0 heterocycles. The van der Waals surface area contributed by atoms with Gasteiger partial charge in [-0.1, -0.05) is 36.4 Å². The van der Waals surface area contributed by atoms with E-state index in [1.165, 1.54) is 16.7 Å². The summed E-state index contributed by atoms with van der Waals surface area (Å²) in [5.41, 5.74) is 5.03. The molecule has 0 saturated heterocycles. The summed E-state index contributed by atoms with van der Waals surface area (Å²) in [5, 5.41) is 0. The van der Waals surface area contributed by atoms with Gasteiger partial charge < -0.3 is 4.74 Å². The summed E-state index contributed by atoms with van der Waals surface area (Å²) in [6, 6.07) is 16.7. The zero-order valence-electron chi connectivity index (χ0n) is 13.7. The van der Waals surface area contributed by atoms with Gasteiger partial charge in [-0.15, -0.1) is 0 Å². The summed E-state index contributed by atoms with van der Waals surface area (Å²) in [7, 11) is 0. The first-order valence-electron chi connectivity index (χ1n) is 8.63. The van der Waals surface area contributed by atoms with Gasteiger partial charge in [-0.2, -0.15) is 0 Å². The first kappa shape index (κ1) is 15.1. The van der Waals surface area contributed by atoms with Crippen LogP contribution in [0.2, 0.25) is 0 Å². The van der Waals surface area contributed by atoms with Gasteiger partial charge in [-0.05, 0) is 54.5 Å². The Morgan fingerprint density at radius 2 is 1.75 bits per heavy atom. The largest absolute Gasteiger partial charge is 0.489 e. The minimum atomic E-state index is 0.422. The van der Waals surface area contributed by atoms with E-state index in [1.54, 1.807) is 0 Å². The summed E-state index contributed by atoms with van der Waals surface area (Å²) >= 11 is 0. The number of aliphatic imine (C=N–C) groups is 1. The minimum Gasteiger partial charge on any atom is -0.489 e. The zero-order chi connectivity index (χ0) is 16.4. The Balaban J connectivity index is 1.53. The van der Waals surface area contributed by atoms with Crippen molar-refractivity contribution in [3.63, 3.8) is 0 Å². The average molecular weight is 319 g/mol. The number of amides is 1. The van der Waals surface area contributed by atoms with E-state index in [-0.39, 0.29) is 0 Å². The number of benzene rings is 2. The van der Waals surface area contributed by atoms with E-state index in [2.05, 4.69) is 35.3 Å². The van der Waals surface area contributed by atoms with Crippen molar-refractivity contribution in [1.29, 1.82) is 0 Å². The van der Waals surface area contributed by atoms with E-state index in [0.29, 0.717) is 24.9 Å². The van der Waals surface area contributed by atoms with Gasteiger partial charge in [-0.25, -0.2) is 4.99 Å². The molecule has 0 aromatic heterocycles. The van der Waals surface area contributed by atoms with E-state index in [1.807, 2.05) is 18.2 Å². The van der Waals surface area contributed by atoms with Gasteiger partial charge in [0.15, 0.2) is 0 Å². The van der Waals surface area contributed by atoms with Gasteiger partial charge in [0, 0.05) is 17.5 Å². The third-order valence-corrected chi connectivity index (χ3v) is 5.26. The van der Waals surface area contributed by atoms with Crippen LogP contribution in [0.4, 0.5) is 0 Å². The van der Waals surface area contributed by atoms with Gasteiger partial charge in [0.1, 0.15) is 12.4 Å². The molecule has 4 rings (SSSR count). The van der Waals surface area contributed by atoms with Crippen LogP contribution in [-0.4, -0.2) is 12.1 Å². The normalized spacial score (nSPS) is 23.6. The predicted molar refractivity (Wildman–Crippen MR) is 94.3 cm³/mol. The molecular formula is C21H21NO2. The quantitative estimate of drug-likeness (QED) is 0.799. The van der Waals surface area contributed by atoms with Crippen LogP contribution < -0.4 is 4.74 Å². The van der Waals surface area contributed by atoms with Crippen molar-refractivity contribution in [3.05, 3.63) is 65.2 Å². The predicted octanol–water partition coefficient (Wildman–Crippen LogP) is 3.99. The van der Waals surface area contributed by atoms with Crippen molar-refractivity contribution >= 4 is 12.1 Å². The molecule has 3 heteroatoms. The lowest BCUT2D eigenvalue weighted by Crippen LogP contribution is -2.15. The fraction of sp³-hybridized carbons (Fsp3) is 0.333. The van der Waals surface area contributed by atoms with Crippen molar-refractivity contribution in [2.24, 2.45) is 16.8 Å². The number of hydrogen-bond acceptors (Lipinski definition) is 2. The molecule has 0 aliphatic heterocycles. The number of ether oxygens (including phenoxy) is 1. The summed E-state index contributed by atoms with van der Waals surface area (Å²) in [6.07, 6.45) is 4.98. The molecule has 122 valence electrons. The molecule has 0 N–H and O–H groups in total. The molecule has 24 heavy (non-hydrogen) atoms. The molecule has 0 spiro atoms. The van der Waals surface area contributed by atoms with Crippen LogP contribution in [0.25, 0.3) is 0 Å². The second kappa shape index (κ2) is 6.60. The molecule has 2 aromatic rings. The molecule has 1 amide bonds. The Labute approximate surface area is 142 Å². The van der Waals surface area contributed by atoms with E-state index >= 15 is 0 Å². The van der Waals surface area contributed by atoms with Crippen LogP contribution in [0.1, 0.15) is 29.5 Å². The van der Waals surface area contributed by atoms with Crippen LogP contribution >= 0.6 is 0 Å². The number of rotatable bonds is 4. The molecular weight excluding hydrogens is 298 g/mol. The first-order valence-corrected chi connectivity index (χ1v) is 8.63. The fourth-order valence-electron chi connectivity index (χ4n) is 4.07. The molecule has 3 nitrogen and oxygen atoms in total. The van der Waals surface area contributed by atoms with Crippen molar-refractivity contribution in [3.8, 4) is 5.75 Å². The van der Waals surface area contributed by atoms with Crippen LogP contribution in [-0.2, 0) is 24.2 Å². The smallest absolute Gasteiger partial charge is 0.232 e. The summed E-state index contributed by atoms with van der Waals surface area (Å²) in [4.78, 5) is 15.0. The van der Waals surface area contributed by atoms with Crippen LogP contribution in [0.15, 0.2) is 53.5 Å². The second-order valence-electron chi connectivity index (χ2n) is 6.74. The number of fused-ring (bicyclic) bond motifs is 3. The lowest BCUT2D eigenvalue weighted by atomic mass is 9.93. The molecule has 1 fully saturated rings. The highest BCUT2D eigenvalue weighted by atomic mass is 16.5. The van der Waals surface area contributed by atoms with E-state index in [0.717, 1.165) is 37.1 Å². The average Bonchev–Trinajstić information content (AvgIpc) is 2.89. The minimum absolute atomic E-state index is 0.422. The molecule has 0 unspecified atom stereocenters. The molecule has 0 radical (unpaired) electrons.